The lowest BCUT2D eigenvalue weighted by Crippen LogP contribution is -2.46. The molecule has 1 amide bonds. The maximum atomic E-state index is 14.1. The fraction of sp³-hybridized carbons (Fsp3) is 0.400. The standard InChI is InChI=1S/C25H27F3N6O3.2ClH/c1-36-20-6-4-15(11-21(20)37-2)18-12-22(25(26,27)28)34-23(31-18)13-19(32-34)16-3-5-17(30-14-16)24(35)33-9-7-29-8-10-33;;/h3-6,11,13-14,18,22,29,31H,7-10,12H2,1-2H3;2*1H/t18-,22+;;/m0../s1. The molecule has 2 atom stereocenters. The summed E-state index contributed by atoms with van der Waals surface area (Å²) in [6, 6.07) is 7.43. The molecular formula is C25H29Cl2F3N6O3. The number of rotatable bonds is 5. The van der Waals surface area contributed by atoms with Gasteiger partial charge in [0.2, 0.25) is 0 Å². The second-order valence-electron chi connectivity index (χ2n) is 8.94. The third-order valence-corrected chi connectivity index (χ3v) is 6.68. The topological polar surface area (TPSA) is 93.5 Å². The van der Waals surface area contributed by atoms with E-state index in [1.807, 2.05) is 0 Å². The van der Waals surface area contributed by atoms with Crippen LogP contribution in [-0.4, -0.2) is 72.1 Å². The van der Waals surface area contributed by atoms with Crippen molar-refractivity contribution in [1.29, 1.82) is 0 Å². The number of alkyl halides is 3. The van der Waals surface area contributed by atoms with Gasteiger partial charge in [0.1, 0.15) is 11.5 Å². The van der Waals surface area contributed by atoms with Crippen molar-refractivity contribution < 1.29 is 27.4 Å². The fourth-order valence-corrected chi connectivity index (χ4v) is 4.70. The molecule has 2 aliphatic heterocycles. The Morgan fingerprint density at radius 2 is 1.74 bits per heavy atom. The highest BCUT2D eigenvalue weighted by atomic mass is 35.5. The van der Waals surface area contributed by atoms with E-state index in [1.165, 1.54) is 20.4 Å². The summed E-state index contributed by atoms with van der Waals surface area (Å²) < 4.78 is 53.9. The fourth-order valence-electron chi connectivity index (χ4n) is 4.70. The van der Waals surface area contributed by atoms with Crippen LogP contribution in [0.4, 0.5) is 19.0 Å². The normalized spacial score (nSPS) is 18.6. The monoisotopic (exact) mass is 588 g/mol. The predicted octanol–water partition coefficient (Wildman–Crippen LogP) is 4.51. The van der Waals surface area contributed by atoms with Gasteiger partial charge in [-0.3, -0.25) is 9.78 Å². The molecule has 14 heteroatoms. The number of piperazine rings is 1. The molecule has 1 saturated heterocycles. The number of pyridine rings is 1. The number of ether oxygens (including phenoxy) is 2. The number of nitrogens with zero attached hydrogens (tertiary/aromatic N) is 4. The van der Waals surface area contributed by atoms with Gasteiger partial charge in [0.15, 0.2) is 17.5 Å². The lowest BCUT2D eigenvalue weighted by atomic mass is 9.96. The maximum absolute atomic E-state index is 14.1. The first kappa shape index (κ1) is 30.3. The molecular weight excluding hydrogens is 560 g/mol. The molecule has 0 unspecified atom stereocenters. The van der Waals surface area contributed by atoms with Crippen molar-refractivity contribution in [2.75, 3.05) is 45.7 Å². The smallest absolute Gasteiger partial charge is 0.410 e. The van der Waals surface area contributed by atoms with Gasteiger partial charge in [0.05, 0.1) is 26.0 Å². The molecule has 0 saturated carbocycles. The summed E-state index contributed by atoms with van der Waals surface area (Å²) in [6.45, 7) is 2.65. The van der Waals surface area contributed by atoms with Crippen LogP contribution in [0.2, 0.25) is 0 Å². The van der Waals surface area contributed by atoms with E-state index in [0.29, 0.717) is 41.4 Å². The summed E-state index contributed by atoms with van der Waals surface area (Å²) in [5.74, 6) is 0.998. The molecule has 1 aromatic carbocycles. The van der Waals surface area contributed by atoms with Crippen LogP contribution in [0.15, 0.2) is 42.6 Å². The van der Waals surface area contributed by atoms with Gasteiger partial charge < -0.3 is 25.0 Å². The highest BCUT2D eigenvalue weighted by Gasteiger charge is 2.46. The van der Waals surface area contributed by atoms with Crippen molar-refractivity contribution in [3.05, 3.63) is 53.9 Å². The Labute approximate surface area is 235 Å². The van der Waals surface area contributed by atoms with Crippen LogP contribution in [0.5, 0.6) is 11.5 Å². The number of nitrogens with one attached hydrogen (secondary N) is 2. The number of halogens is 5. The zero-order valence-electron chi connectivity index (χ0n) is 21.2. The van der Waals surface area contributed by atoms with Crippen molar-refractivity contribution >= 4 is 36.5 Å². The van der Waals surface area contributed by atoms with Gasteiger partial charge in [-0.25, -0.2) is 4.68 Å². The van der Waals surface area contributed by atoms with E-state index in [9.17, 15) is 18.0 Å². The van der Waals surface area contributed by atoms with Crippen LogP contribution < -0.4 is 20.1 Å². The van der Waals surface area contributed by atoms with Crippen molar-refractivity contribution in [3.8, 4) is 22.8 Å². The Morgan fingerprint density at radius 3 is 2.36 bits per heavy atom. The minimum absolute atomic E-state index is 0. The molecule has 39 heavy (non-hydrogen) atoms. The lowest BCUT2D eigenvalue weighted by Gasteiger charge is -2.33. The van der Waals surface area contributed by atoms with Crippen LogP contribution in [0.25, 0.3) is 11.3 Å². The van der Waals surface area contributed by atoms with E-state index in [1.54, 1.807) is 41.3 Å². The summed E-state index contributed by atoms with van der Waals surface area (Å²) in [7, 11) is 2.98. The SMILES string of the molecule is COc1ccc([C@@H]2C[C@H](C(F)(F)F)n3nc(-c4ccc(C(=O)N5CCNCC5)nc4)cc3N2)cc1OC.Cl.Cl. The third kappa shape index (κ3) is 6.18. The summed E-state index contributed by atoms with van der Waals surface area (Å²) in [6.07, 6.45) is -3.28. The lowest BCUT2D eigenvalue weighted by molar-refractivity contribution is -0.173. The number of hydrogen-bond acceptors (Lipinski definition) is 7. The minimum Gasteiger partial charge on any atom is -0.493 e. The van der Waals surface area contributed by atoms with Gasteiger partial charge in [-0.2, -0.15) is 18.3 Å². The number of fused-ring (bicyclic) bond motifs is 1. The van der Waals surface area contributed by atoms with E-state index in [2.05, 4.69) is 20.7 Å². The second kappa shape index (κ2) is 12.3. The van der Waals surface area contributed by atoms with Gasteiger partial charge in [0, 0.05) is 50.4 Å². The van der Waals surface area contributed by atoms with Crippen LogP contribution in [-0.2, 0) is 0 Å². The quantitative estimate of drug-likeness (QED) is 0.453. The highest BCUT2D eigenvalue weighted by molar-refractivity contribution is 5.92. The van der Waals surface area contributed by atoms with Gasteiger partial charge in [-0.1, -0.05) is 6.07 Å². The van der Waals surface area contributed by atoms with Crippen LogP contribution in [0.1, 0.15) is 34.6 Å². The van der Waals surface area contributed by atoms with E-state index in [4.69, 9.17) is 9.47 Å². The van der Waals surface area contributed by atoms with Crippen LogP contribution in [0, 0.1) is 0 Å². The Kier molecular flexibility index (Phi) is 9.57. The van der Waals surface area contributed by atoms with Crippen LogP contribution >= 0.6 is 24.8 Å². The molecule has 9 nitrogen and oxygen atoms in total. The Hall–Kier alpha value is -3.22. The number of methoxy groups -OCH3 is 2. The zero-order valence-corrected chi connectivity index (χ0v) is 22.8. The first-order valence-corrected chi connectivity index (χ1v) is 11.9. The van der Waals surface area contributed by atoms with Crippen molar-refractivity contribution in [3.63, 3.8) is 0 Å². The zero-order chi connectivity index (χ0) is 26.2. The molecule has 3 aromatic rings. The molecule has 2 N–H and O–H groups in total. The number of hydrogen-bond donors (Lipinski definition) is 2. The molecule has 2 aliphatic rings. The van der Waals surface area contributed by atoms with E-state index in [0.717, 1.165) is 17.8 Å². The summed E-state index contributed by atoms with van der Waals surface area (Å²) in [5.41, 5.74) is 1.77. The average Bonchev–Trinajstić information content (AvgIpc) is 3.36. The molecule has 4 heterocycles. The average molecular weight is 589 g/mol. The largest absolute Gasteiger partial charge is 0.493 e. The van der Waals surface area contributed by atoms with Gasteiger partial charge in [0.25, 0.3) is 5.91 Å². The Bertz CT molecular complexity index is 1280. The molecule has 5 rings (SSSR count). The molecule has 0 spiro atoms. The van der Waals surface area contributed by atoms with E-state index >= 15 is 0 Å². The van der Waals surface area contributed by atoms with Gasteiger partial charge >= 0.3 is 6.18 Å². The maximum Gasteiger partial charge on any atom is 0.410 e. The summed E-state index contributed by atoms with van der Waals surface area (Å²) in [5, 5.41) is 10.6. The first-order chi connectivity index (χ1) is 17.8. The third-order valence-electron chi connectivity index (χ3n) is 6.68. The first-order valence-electron chi connectivity index (χ1n) is 11.9. The minimum atomic E-state index is -4.51. The Morgan fingerprint density at radius 1 is 1.03 bits per heavy atom. The van der Waals surface area contributed by atoms with Crippen molar-refractivity contribution in [1.82, 2.24) is 25.0 Å². The molecule has 0 bridgehead atoms. The molecule has 1 fully saturated rings. The molecule has 2 aromatic heterocycles. The summed E-state index contributed by atoms with van der Waals surface area (Å²) >= 11 is 0. The van der Waals surface area contributed by atoms with Crippen LogP contribution in [0.3, 0.4) is 0 Å². The predicted molar refractivity (Wildman–Crippen MR) is 144 cm³/mol. The molecule has 212 valence electrons. The number of anilines is 1. The Balaban J connectivity index is 0.00000210. The number of carbonyl (C=O) groups is 1. The van der Waals surface area contributed by atoms with Gasteiger partial charge in [-0.15, -0.1) is 24.8 Å². The number of aromatic nitrogens is 3. The van der Waals surface area contributed by atoms with E-state index in [-0.39, 0.29) is 48.7 Å². The van der Waals surface area contributed by atoms with Gasteiger partial charge in [-0.05, 0) is 29.8 Å². The van der Waals surface area contributed by atoms with Crippen molar-refractivity contribution in [2.45, 2.75) is 24.7 Å². The number of amides is 1. The number of benzene rings is 1. The number of carbonyl (C=O) groups excluding carboxylic acids is 1. The highest BCUT2D eigenvalue weighted by Crippen LogP contribution is 2.45. The molecule has 0 aliphatic carbocycles. The second-order valence-corrected chi connectivity index (χ2v) is 8.94. The molecule has 0 radical (unpaired) electrons. The van der Waals surface area contributed by atoms with Crippen molar-refractivity contribution in [2.24, 2.45) is 0 Å². The van der Waals surface area contributed by atoms with E-state index < -0.39 is 18.3 Å². The summed E-state index contributed by atoms with van der Waals surface area (Å²) in [4.78, 5) is 18.7.